The minimum Gasteiger partial charge on any atom is -0.280 e. The van der Waals surface area contributed by atoms with E-state index < -0.39 is 25.9 Å². The molecule has 0 radical (unpaired) electrons. The van der Waals surface area contributed by atoms with E-state index in [9.17, 15) is 21.2 Å². The third kappa shape index (κ3) is 5.33. The molecule has 1 heterocycles. The summed E-state index contributed by atoms with van der Waals surface area (Å²) in [5.74, 6) is -0.0825. The van der Waals surface area contributed by atoms with Crippen LogP contribution < -0.4 is 9.44 Å². The quantitative estimate of drug-likeness (QED) is 0.746. The first-order valence-electron chi connectivity index (χ1n) is 9.12. The van der Waals surface area contributed by atoms with E-state index in [0.29, 0.717) is 18.8 Å². The van der Waals surface area contributed by atoms with E-state index in [4.69, 9.17) is 0 Å². The molecule has 0 aromatic heterocycles. The predicted octanol–water partition coefficient (Wildman–Crippen LogP) is 3.19. The minimum atomic E-state index is -3.94. The maximum Gasteiger partial charge on any atom is 0.262 e. The Morgan fingerprint density at radius 3 is 2.31 bits per heavy atom. The van der Waals surface area contributed by atoms with Gasteiger partial charge in [-0.1, -0.05) is 6.42 Å². The first-order chi connectivity index (χ1) is 13.7. The molecule has 10 heteroatoms. The molecule has 0 saturated carbocycles. The summed E-state index contributed by atoms with van der Waals surface area (Å²) in [5, 5.41) is 0. The third-order valence-electron chi connectivity index (χ3n) is 4.47. The zero-order valence-corrected chi connectivity index (χ0v) is 17.5. The van der Waals surface area contributed by atoms with Crippen molar-refractivity contribution in [2.24, 2.45) is 4.99 Å². The predicted molar refractivity (Wildman–Crippen MR) is 109 cm³/mol. The number of amidine groups is 1. The van der Waals surface area contributed by atoms with Crippen LogP contribution in [-0.4, -0.2) is 29.2 Å². The highest BCUT2D eigenvalue weighted by atomic mass is 32.2. The summed E-state index contributed by atoms with van der Waals surface area (Å²) < 4.78 is 68.2. The maximum atomic E-state index is 13.2. The molecular formula is C19H22FN3O4S2. The molecule has 0 amide bonds. The zero-order chi connectivity index (χ0) is 21.1. The summed E-state index contributed by atoms with van der Waals surface area (Å²) in [6.07, 6.45) is 3.41. The standard InChI is InChI=1S/C19H22FN3O4S2/c1-14-13-15(20)6-11-18(14)29(26,27)22-16-7-9-17(10-8-16)28(24,25)23-19-5-3-2-4-12-21-19/h6-11,13,22H,2-5,12H2,1H3,(H,21,23). The number of aryl methyl sites for hydroxylation is 1. The van der Waals surface area contributed by atoms with Gasteiger partial charge in [0.05, 0.1) is 9.79 Å². The monoisotopic (exact) mass is 439 g/mol. The highest BCUT2D eigenvalue weighted by Crippen LogP contribution is 2.21. The maximum absolute atomic E-state index is 13.2. The number of halogens is 1. The van der Waals surface area contributed by atoms with Gasteiger partial charge >= 0.3 is 0 Å². The van der Waals surface area contributed by atoms with Crippen molar-refractivity contribution in [3.8, 4) is 0 Å². The van der Waals surface area contributed by atoms with Crippen molar-refractivity contribution >= 4 is 31.6 Å². The Labute approximate surface area is 170 Å². The van der Waals surface area contributed by atoms with E-state index in [0.717, 1.165) is 31.4 Å². The summed E-state index contributed by atoms with van der Waals surface area (Å²) in [7, 11) is -7.74. The van der Waals surface area contributed by atoms with Gasteiger partial charge in [0.15, 0.2) is 0 Å². The zero-order valence-electron chi connectivity index (χ0n) is 15.9. The second kappa shape index (κ2) is 8.50. The van der Waals surface area contributed by atoms with Gasteiger partial charge in [-0.15, -0.1) is 0 Å². The Morgan fingerprint density at radius 1 is 0.897 bits per heavy atom. The van der Waals surface area contributed by atoms with Crippen molar-refractivity contribution in [3.05, 3.63) is 53.8 Å². The molecule has 0 atom stereocenters. The van der Waals surface area contributed by atoms with Crippen LogP contribution >= 0.6 is 0 Å². The number of nitrogens with zero attached hydrogens (tertiary/aromatic N) is 1. The summed E-state index contributed by atoms with van der Waals surface area (Å²) in [4.78, 5) is 4.21. The lowest BCUT2D eigenvalue weighted by molar-refractivity contribution is 0.591. The van der Waals surface area contributed by atoms with Gasteiger partial charge in [0.2, 0.25) is 0 Å². The highest BCUT2D eigenvalue weighted by molar-refractivity contribution is 7.92. The smallest absolute Gasteiger partial charge is 0.262 e. The summed E-state index contributed by atoms with van der Waals surface area (Å²) in [6.45, 7) is 2.09. The lowest BCUT2D eigenvalue weighted by Crippen LogP contribution is -2.30. The highest BCUT2D eigenvalue weighted by Gasteiger charge is 2.20. The summed E-state index contributed by atoms with van der Waals surface area (Å²) in [5.41, 5.74) is 0.463. The van der Waals surface area contributed by atoms with Gasteiger partial charge < -0.3 is 0 Å². The molecule has 0 aliphatic carbocycles. The summed E-state index contributed by atoms with van der Waals surface area (Å²) >= 11 is 0. The molecule has 29 heavy (non-hydrogen) atoms. The molecule has 0 unspecified atom stereocenters. The number of aliphatic imine (C=N–C) groups is 1. The first-order valence-corrected chi connectivity index (χ1v) is 12.1. The van der Waals surface area contributed by atoms with Crippen molar-refractivity contribution in [3.63, 3.8) is 0 Å². The fourth-order valence-electron chi connectivity index (χ4n) is 3.00. The molecule has 1 aliphatic rings. The van der Waals surface area contributed by atoms with Gasteiger partial charge in [-0.3, -0.25) is 14.4 Å². The molecule has 0 bridgehead atoms. The number of sulfonamides is 2. The molecule has 7 nitrogen and oxygen atoms in total. The molecule has 0 saturated heterocycles. The summed E-state index contributed by atoms with van der Waals surface area (Å²) in [6, 6.07) is 8.73. The van der Waals surface area contributed by atoms with Crippen LogP contribution in [0.4, 0.5) is 10.1 Å². The molecule has 1 aliphatic heterocycles. The van der Waals surface area contributed by atoms with Gasteiger partial charge in [0.25, 0.3) is 20.0 Å². The van der Waals surface area contributed by atoms with Crippen LogP contribution in [0.15, 0.2) is 57.2 Å². The Bertz CT molecular complexity index is 1130. The molecule has 156 valence electrons. The van der Waals surface area contributed by atoms with Crippen molar-refractivity contribution in [2.45, 2.75) is 42.4 Å². The molecule has 2 N–H and O–H groups in total. The van der Waals surface area contributed by atoms with Crippen LogP contribution in [0.2, 0.25) is 0 Å². The number of benzene rings is 2. The Balaban J connectivity index is 1.76. The molecular weight excluding hydrogens is 417 g/mol. The number of anilines is 1. The normalized spacial score (nSPS) is 15.3. The van der Waals surface area contributed by atoms with Gasteiger partial charge in [0, 0.05) is 18.7 Å². The van der Waals surface area contributed by atoms with Gasteiger partial charge in [0.1, 0.15) is 11.7 Å². The average molecular weight is 440 g/mol. The average Bonchev–Trinajstić information content (AvgIpc) is 2.89. The first kappa shape index (κ1) is 21.3. The number of rotatable bonds is 5. The number of hydrogen-bond donors (Lipinski definition) is 2. The Morgan fingerprint density at radius 2 is 1.62 bits per heavy atom. The molecule has 0 spiro atoms. The van der Waals surface area contributed by atoms with Gasteiger partial charge in [-0.25, -0.2) is 21.2 Å². The van der Waals surface area contributed by atoms with E-state index in [-0.39, 0.29) is 21.0 Å². The van der Waals surface area contributed by atoms with E-state index >= 15 is 0 Å². The number of nitrogens with one attached hydrogen (secondary N) is 2. The Kier molecular flexibility index (Phi) is 6.23. The molecule has 3 rings (SSSR count). The molecule has 2 aromatic carbocycles. The SMILES string of the molecule is Cc1cc(F)ccc1S(=O)(=O)Nc1ccc(S(=O)(=O)NC2=NCCCCC2)cc1. The van der Waals surface area contributed by atoms with Crippen LogP contribution in [-0.2, 0) is 20.0 Å². The van der Waals surface area contributed by atoms with Crippen LogP contribution in [0.3, 0.4) is 0 Å². The topological polar surface area (TPSA) is 105 Å². The molecule has 2 aromatic rings. The Hall–Kier alpha value is -2.46. The van der Waals surface area contributed by atoms with Crippen LogP contribution in [0, 0.1) is 12.7 Å². The fourth-order valence-corrected chi connectivity index (χ4v) is 5.37. The van der Waals surface area contributed by atoms with Crippen LogP contribution in [0.25, 0.3) is 0 Å². The van der Waals surface area contributed by atoms with E-state index in [1.165, 1.54) is 37.3 Å². The lowest BCUT2D eigenvalue weighted by atomic mass is 10.2. The van der Waals surface area contributed by atoms with Crippen LogP contribution in [0.5, 0.6) is 0 Å². The largest absolute Gasteiger partial charge is 0.280 e. The van der Waals surface area contributed by atoms with Gasteiger partial charge in [-0.2, -0.15) is 0 Å². The van der Waals surface area contributed by atoms with E-state index in [2.05, 4.69) is 14.4 Å². The third-order valence-corrected chi connectivity index (χ3v) is 7.41. The van der Waals surface area contributed by atoms with E-state index in [1.54, 1.807) is 0 Å². The fraction of sp³-hybridized carbons (Fsp3) is 0.316. The van der Waals surface area contributed by atoms with E-state index in [1.807, 2.05) is 0 Å². The second-order valence-electron chi connectivity index (χ2n) is 6.78. The second-order valence-corrected chi connectivity index (χ2v) is 10.1. The number of hydrogen-bond acceptors (Lipinski definition) is 5. The van der Waals surface area contributed by atoms with Crippen molar-refractivity contribution in [1.82, 2.24) is 4.72 Å². The minimum absolute atomic E-state index is 0.00496. The van der Waals surface area contributed by atoms with Crippen LogP contribution in [0.1, 0.15) is 31.2 Å². The van der Waals surface area contributed by atoms with Gasteiger partial charge in [-0.05, 0) is 67.8 Å². The lowest BCUT2D eigenvalue weighted by Gasteiger charge is -2.12. The molecule has 0 fully saturated rings. The van der Waals surface area contributed by atoms with Crippen molar-refractivity contribution < 1.29 is 21.2 Å². The van der Waals surface area contributed by atoms with Crippen molar-refractivity contribution in [1.29, 1.82) is 0 Å². The van der Waals surface area contributed by atoms with Crippen molar-refractivity contribution in [2.75, 3.05) is 11.3 Å².